The number of nitrogens with one attached hydrogen (secondary N) is 1. The van der Waals surface area contributed by atoms with Crippen molar-refractivity contribution < 1.29 is 4.92 Å². The monoisotopic (exact) mass is 271 g/mol. The van der Waals surface area contributed by atoms with E-state index in [9.17, 15) is 10.1 Å². The van der Waals surface area contributed by atoms with Crippen LogP contribution in [-0.2, 0) is 6.42 Å². The summed E-state index contributed by atoms with van der Waals surface area (Å²) in [5.74, 6) is 0.356. The van der Waals surface area contributed by atoms with Crippen LogP contribution in [0.25, 0.3) is 0 Å². The first-order valence-corrected chi connectivity index (χ1v) is 6.17. The Hall–Kier alpha value is -2.63. The van der Waals surface area contributed by atoms with Gasteiger partial charge in [0.1, 0.15) is 5.69 Å². The normalized spacial score (nSPS) is 14.0. The molecule has 0 saturated heterocycles. The standard InChI is InChI=1S/C14H15N4O2/c1-3-7-11-9-5-6-10-17(11)14-15-12(8-4-2)13(16-14)18(19)20/h3-6H,1-2,7-8,10H2,(H,15,16). The third kappa shape index (κ3) is 2.69. The number of imidazole rings is 1. The van der Waals surface area contributed by atoms with Gasteiger partial charge in [-0.2, -0.15) is 4.98 Å². The lowest BCUT2D eigenvalue weighted by Gasteiger charge is -2.22. The van der Waals surface area contributed by atoms with Gasteiger partial charge in [-0.1, -0.05) is 24.3 Å². The van der Waals surface area contributed by atoms with E-state index in [1.807, 2.05) is 17.1 Å². The predicted molar refractivity (Wildman–Crippen MR) is 77.2 cm³/mol. The fourth-order valence-electron chi connectivity index (χ4n) is 1.97. The minimum Gasteiger partial charge on any atom is -0.358 e. The van der Waals surface area contributed by atoms with E-state index >= 15 is 0 Å². The van der Waals surface area contributed by atoms with Crippen LogP contribution in [0, 0.1) is 16.2 Å². The number of H-pyrrole nitrogens is 1. The molecule has 2 heterocycles. The van der Waals surface area contributed by atoms with E-state index in [0.717, 1.165) is 5.70 Å². The zero-order valence-electron chi connectivity index (χ0n) is 11.0. The highest BCUT2D eigenvalue weighted by Gasteiger charge is 2.24. The largest absolute Gasteiger partial charge is 0.358 e. The molecule has 1 aliphatic rings. The molecule has 103 valence electrons. The molecule has 0 unspecified atom stereocenters. The summed E-state index contributed by atoms with van der Waals surface area (Å²) in [6, 6.07) is 0. The Morgan fingerprint density at radius 2 is 2.25 bits per heavy atom. The molecule has 6 nitrogen and oxygen atoms in total. The van der Waals surface area contributed by atoms with E-state index in [1.54, 1.807) is 12.2 Å². The Morgan fingerprint density at radius 3 is 2.90 bits per heavy atom. The van der Waals surface area contributed by atoms with Crippen molar-refractivity contribution in [2.75, 3.05) is 11.4 Å². The minimum absolute atomic E-state index is 0.0904. The average molecular weight is 271 g/mol. The van der Waals surface area contributed by atoms with Crippen LogP contribution < -0.4 is 4.90 Å². The van der Waals surface area contributed by atoms with Crippen LogP contribution >= 0.6 is 0 Å². The number of allylic oxidation sites excluding steroid dienone is 4. The SMILES string of the molecule is C=CCC1=[C]C=CCN1c1nc(CC=C)c([N+](=O)[O-])[nH]1. The van der Waals surface area contributed by atoms with Gasteiger partial charge in [0.2, 0.25) is 0 Å². The molecule has 0 atom stereocenters. The third-order valence-electron chi connectivity index (χ3n) is 2.84. The molecule has 0 saturated carbocycles. The highest BCUT2D eigenvalue weighted by atomic mass is 16.6. The van der Waals surface area contributed by atoms with Gasteiger partial charge in [0, 0.05) is 31.2 Å². The Morgan fingerprint density at radius 1 is 1.50 bits per heavy atom. The van der Waals surface area contributed by atoms with E-state index in [1.165, 1.54) is 0 Å². The molecule has 2 rings (SSSR count). The molecule has 1 aromatic heterocycles. The van der Waals surface area contributed by atoms with Gasteiger partial charge < -0.3 is 10.1 Å². The van der Waals surface area contributed by atoms with E-state index in [4.69, 9.17) is 0 Å². The number of rotatable bonds is 6. The van der Waals surface area contributed by atoms with Gasteiger partial charge in [-0.3, -0.25) is 4.90 Å². The molecule has 1 aliphatic heterocycles. The second kappa shape index (κ2) is 6.01. The van der Waals surface area contributed by atoms with Gasteiger partial charge in [-0.05, 0) is 4.92 Å². The molecular weight excluding hydrogens is 256 g/mol. The van der Waals surface area contributed by atoms with Crippen molar-refractivity contribution in [3.8, 4) is 0 Å². The van der Waals surface area contributed by atoms with E-state index in [2.05, 4.69) is 29.2 Å². The summed E-state index contributed by atoms with van der Waals surface area (Å²) < 4.78 is 0. The summed E-state index contributed by atoms with van der Waals surface area (Å²) >= 11 is 0. The fraction of sp³-hybridized carbons (Fsp3) is 0.214. The fourth-order valence-corrected chi connectivity index (χ4v) is 1.97. The Labute approximate surface area is 117 Å². The van der Waals surface area contributed by atoms with Crippen LogP contribution in [0.3, 0.4) is 0 Å². The van der Waals surface area contributed by atoms with Crippen molar-refractivity contribution in [3.63, 3.8) is 0 Å². The first kappa shape index (κ1) is 13.8. The first-order chi connectivity index (χ1) is 9.67. The summed E-state index contributed by atoms with van der Waals surface area (Å²) in [5.41, 5.74) is 1.25. The van der Waals surface area contributed by atoms with Crippen LogP contribution in [0.4, 0.5) is 11.8 Å². The zero-order chi connectivity index (χ0) is 14.5. The van der Waals surface area contributed by atoms with E-state index in [-0.39, 0.29) is 5.82 Å². The number of nitro groups is 1. The summed E-state index contributed by atoms with van der Waals surface area (Å²) in [6.45, 7) is 7.88. The van der Waals surface area contributed by atoms with Crippen molar-refractivity contribution in [2.24, 2.45) is 0 Å². The predicted octanol–water partition coefficient (Wildman–Crippen LogP) is 2.69. The number of hydrogen-bond donors (Lipinski definition) is 1. The maximum absolute atomic E-state index is 11.0. The topological polar surface area (TPSA) is 75.1 Å². The third-order valence-corrected chi connectivity index (χ3v) is 2.84. The van der Waals surface area contributed by atoms with E-state index in [0.29, 0.717) is 31.0 Å². The van der Waals surface area contributed by atoms with Crippen LogP contribution in [0.5, 0.6) is 0 Å². The van der Waals surface area contributed by atoms with Gasteiger partial charge in [0.25, 0.3) is 5.95 Å². The molecule has 6 heteroatoms. The number of aromatic amines is 1. The molecular formula is C14H15N4O2. The lowest BCUT2D eigenvalue weighted by molar-refractivity contribution is -0.389. The Bertz CT molecular complexity index is 598. The summed E-state index contributed by atoms with van der Waals surface area (Å²) in [5, 5.41) is 11.0. The highest BCUT2D eigenvalue weighted by molar-refractivity contribution is 5.49. The molecule has 20 heavy (non-hydrogen) atoms. The number of anilines is 1. The molecule has 1 radical (unpaired) electrons. The Balaban J connectivity index is 2.37. The Kier molecular flexibility index (Phi) is 4.14. The van der Waals surface area contributed by atoms with Crippen LogP contribution in [0.1, 0.15) is 12.1 Å². The van der Waals surface area contributed by atoms with Gasteiger partial charge in [-0.25, -0.2) is 4.98 Å². The number of hydrogen-bond acceptors (Lipinski definition) is 4. The highest BCUT2D eigenvalue weighted by Crippen LogP contribution is 2.26. The van der Waals surface area contributed by atoms with Crippen molar-refractivity contribution >= 4 is 11.8 Å². The molecule has 0 aromatic carbocycles. The molecule has 1 N–H and O–H groups in total. The van der Waals surface area contributed by atoms with Crippen molar-refractivity contribution in [1.82, 2.24) is 9.97 Å². The molecule has 0 fully saturated rings. The summed E-state index contributed by atoms with van der Waals surface area (Å²) in [6.07, 6.45) is 11.2. The second-order valence-corrected chi connectivity index (χ2v) is 4.20. The smallest absolute Gasteiger partial charge is 0.345 e. The summed E-state index contributed by atoms with van der Waals surface area (Å²) in [4.78, 5) is 19.5. The molecule has 0 spiro atoms. The zero-order valence-corrected chi connectivity index (χ0v) is 11.0. The van der Waals surface area contributed by atoms with Crippen molar-refractivity contribution in [3.05, 3.63) is 65.0 Å². The quantitative estimate of drug-likeness (QED) is 0.490. The molecule has 0 bridgehead atoms. The van der Waals surface area contributed by atoms with Gasteiger partial charge in [0.05, 0.1) is 0 Å². The molecule has 1 aromatic rings. The minimum atomic E-state index is -0.463. The van der Waals surface area contributed by atoms with Crippen molar-refractivity contribution in [2.45, 2.75) is 12.8 Å². The maximum Gasteiger partial charge on any atom is 0.345 e. The number of aromatic nitrogens is 2. The van der Waals surface area contributed by atoms with E-state index < -0.39 is 4.92 Å². The average Bonchev–Trinajstić information content (AvgIpc) is 2.84. The lowest BCUT2D eigenvalue weighted by Crippen LogP contribution is -2.25. The second-order valence-electron chi connectivity index (χ2n) is 4.20. The molecule has 0 amide bonds. The summed E-state index contributed by atoms with van der Waals surface area (Å²) in [7, 11) is 0. The van der Waals surface area contributed by atoms with Gasteiger partial charge >= 0.3 is 5.82 Å². The molecule has 0 aliphatic carbocycles. The van der Waals surface area contributed by atoms with Crippen molar-refractivity contribution in [1.29, 1.82) is 0 Å². The maximum atomic E-state index is 11.0. The lowest BCUT2D eigenvalue weighted by atomic mass is 10.2. The van der Waals surface area contributed by atoms with Gasteiger partial charge in [-0.15, -0.1) is 13.2 Å². The van der Waals surface area contributed by atoms with Crippen LogP contribution in [-0.4, -0.2) is 21.4 Å². The van der Waals surface area contributed by atoms with Gasteiger partial charge in [0.15, 0.2) is 0 Å². The number of nitrogens with zero attached hydrogens (tertiary/aromatic N) is 3. The van der Waals surface area contributed by atoms with Crippen LogP contribution in [0.2, 0.25) is 0 Å². The van der Waals surface area contributed by atoms with Crippen LogP contribution in [0.15, 0.2) is 43.2 Å². The first-order valence-electron chi connectivity index (χ1n) is 6.17.